The fourth-order valence-corrected chi connectivity index (χ4v) is 1.01. The Labute approximate surface area is 87.6 Å². The molecule has 0 aliphatic rings. The lowest BCUT2D eigenvalue weighted by atomic mass is 10.2. The van der Waals surface area contributed by atoms with E-state index in [1.807, 2.05) is 6.92 Å². The normalized spacial score (nSPS) is 14.2. The van der Waals surface area contributed by atoms with E-state index in [0.717, 1.165) is 0 Å². The number of hydrogen-bond donors (Lipinski definition) is 2. The largest absolute Gasteiger partial charge is 0.411 e. The van der Waals surface area contributed by atoms with Gasteiger partial charge in [-0.2, -0.15) is 13.2 Å². The first kappa shape index (κ1) is 14.7. The minimum Gasteiger partial charge on any atom is -0.396 e. The van der Waals surface area contributed by atoms with Crippen molar-refractivity contribution in [3.63, 3.8) is 0 Å². The molecule has 0 rings (SSSR count). The van der Waals surface area contributed by atoms with Crippen LogP contribution in [-0.2, 0) is 4.74 Å². The van der Waals surface area contributed by atoms with Gasteiger partial charge in [0.15, 0.2) is 0 Å². The van der Waals surface area contributed by atoms with E-state index in [1.54, 1.807) is 0 Å². The van der Waals surface area contributed by atoms with E-state index < -0.39 is 12.8 Å². The Morgan fingerprint density at radius 3 is 2.60 bits per heavy atom. The number of ether oxygens (including phenoxy) is 1. The monoisotopic (exact) mass is 229 g/mol. The van der Waals surface area contributed by atoms with E-state index in [-0.39, 0.29) is 19.3 Å². The molecule has 0 bridgehead atoms. The Bertz CT molecular complexity index is 153. The third kappa shape index (κ3) is 11.6. The zero-order valence-corrected chi connectivity index (χ0v) is 8.81. The average molecular weight is 229 g/mol. The summed E-state index contributed by atoms with van der Waals surface area (Å²) in [4.78, 5) is 0. The van der Waals surface area contributed by atoms with Crippen LogP contribution in [0.1, 0.15) is 19.8 Å². The highest BCUT2D eigenvalue weighted by atomic mass is 19.4. The molecule has 0 saturated carbocycles. The van der Waals surface area contributed by atoms with Crippen LogP contribution in [0.5, 0.6) is 0 Å². The Hall–Kier alpha value is -0.330. The molecule has 6 heteroatoms. The van der Waals surface area contributed by atoms with E-state index in [1.165, 1.54) is 0 Å². The van der Waals surface area contributed by atoms with Gasteiger partial charge >= 0.3 is 6.18 Å². The van der Waals surface area contributed by atoms with Crippen molar-refractivity contribution in [2.45, 2.75) is 32.0 Å². The summed E-state index contributed by atoms with van der Waals surface area (Å²) >= 11 is 0. The van der Waals surface area contributed by atoms with Gasteiger partial charge in [-0.1, -0.05) is 0 Å². The van der Waals surface area contributed by atoms with Crippen molar-refractivity contribution in [3.05, 3.63) is 0 Å². The zero-order chi connectivity index (χ0) is 11.7. The standard InChI is InChI=1S/C9H18F3NO2/c1-8(3-5-14)13-4-2-6-15-7-9(10,11)12/h8,13-14H,2-7H2,1H3. The molecule has 0 aromatic heterocycles. The second kappa shape index (κ2) is 7.90. The molecule has 2 N–H and O–H groups in total. The van der Waals surface area contributed by atoms with Gasteiger partial charge in [-0.25, -0.2) is 0 Å². The second-order valence-corrected chi connectivity index (χ2v) is 3.39. The summed E-state index contributed by atoms with van der Waals surface area (Å²) in [6.07, 6.45) is -3.06. The quantitative estimate of drug-likeness (QED) is 0.617. The molecule has 0 aromatic carbocycles. The summed E-state index contributed by atoms with van der Waals surface area (Å²) < 4.78 is 39.3. The molecule has 0 aliphatic carbocycles. The predicted octanol–water partition coefficient (Wildman–Crippen LogP) is 1.32. The van der Waals surface area contributed by atoms with E-state index in [9.17, 15) is 13.2 Å². The van der Waals surface area contributed by atoms with Crippen molar-refractivity contribution >= 4 is 0 Å². The van der Waals surface area contributed by atoms with Gasteiger partial charge in [-0.05, 0) is 26.3 Å². The summed E-state index contributed by atoms with van der Waals surface area (Å²) in [5.41, 5.74) is 0. The SMILES string of the molecule is CC(CCO)NCCCOCC(F)(F)F. The summed E-state index contributed by atoms with van der Waals surface area (Å²) in [5.74, 6) is 0. The van der Waals surface area contributed by atoms with Crippen LogP contribution in [0.25, 0.3) is 0 Å². The molecule has 15 heavy (non-hydrogen) atoms. The van der Waals surface area contributed by atoms with Crippen molar-refractivity contribution in [1.82, 2.24) is 5.32 Å². The molecular weight excluding hydrogens is 211 g/mol. The Morgan fingerprint density at radius 1 is 1.40 bits per heavy atom. The average Bonchev–Trinajstić information content (AvgIpc) is 2.09. The first-order chi connectivity index (χ1) is 6.95. The van der Waals surface area contributed by atoms with Gasteiger partial charge in [0.25, 0.3) is 0 Å². The number of aliphatic hydroxyl groups excluding tert-OH is 1. The van der Waals surface area contributed by atoms with E-state index in [2.05, 4.69) is 10.1 Å². The lowest BCUT2D eigenvalue weighted by Gasteiger charge is -2.12. The highest BCUT2D eigenvalue weighted by Crippen LogP contribution is 2.14. The summed E-state index contributed by atoms with van der Waals surface area (Å²) in [6.45, 7) is 1.53. The number of nitrogens with one attached hydrogen (secondary N) is 1. The van der Waals surface area contributed by atoms with Crippen molar-refractivity contribution < 1.29 is 23.0 Å². The van der Waals surface area contributed by atoms with Crippen LogP contribution in [0.15, 0.2) is 0 Å². The van der Waals surface area contributed by atoms with Crippen LogP contribution in [0.4, 0.5) is 13.2 Å². The van der Waals surface area contributed by atoms with Gasteiger partial charge in [0.05, 0.1) is 0 Å². The molecule has 1 atom stereocenters. The minimum atomic E-state index is -4.24. The Balaban J connectivity index is 3.18. The molecule has 0 spiro atoms. The van der Waals surface area contributed by atoms with Gasteiger partial charge in [0.1, 0.15) is 6.61 Å². The lowest BCUT2D eigenvalue weighted by Crippen LogP contribution is -2.28. The third-order valence-electron chi connectivity index (χ3n) is 1.79. The van der Waals surface area contributed by atoms with Gasteiger partial charge in [0.2, 0.25) is 0 Å². The molecule has 0 aromatic rings. The molecule has 92 valence electrons. The van der Waals surface area contributed by atoms with E-state index in [4.69, 9.17) is 5.11 Å². The molecule has 3 nitrogen and oxygen atoms in total. The highest BCUT2D eigenvalue weighted by Gasteiger charge is 2.27. The zero-order valence-electron chi connectivity index (χ0n) is 8.81. The topological polar surface area (TPSA) is 41.5 Å². The molecule has 1 unspecified atom stereocenters. The molecule has 0 heterocycles. The van der Waals surface area contributed by atoms with Crippen molar-refractivity contribution in [2.75, 3.05) is 26.4 Å². The van der Waals surface area contributed by atoms with Crippen molar-refractivity contribution in [2.24, 2.45) is 0 Å². The number of hydrogen-bond acceptors (Lipinski definition) is 3. The Morgan fingerprint density at radius 2 is 2.07 bits per heavy atom. The van der Waals surface area contributed by atoms with E-state index >= 15 is 0 Å². The fourth-order valence-electron chi connectivity index (χ4n) is 1.01. The van der Waals surface area contributed by atoms with Gasteiger partial charge in [-0.3, -0.25) is 0 Å². The summed E-state index contributed by atoms with van der Waals surface area (Å²) in [6, 6.07) is 0.178. The van der Waals surface area contributed by atoms with Crippen LogP contribution >= 0.6 is 0 Å². The van der Waals surface area contributed by atoms with Gasteiger partial charge < -0.3 is 15.2 Å². The lowest BCUT2D eigenvalue weighted by molar-refractivity contribution is -0.173. The number of halogens is 3. The van der Waals surface area contributed by atoms with Crippen LogP contribution in [0, 0.1) is 0 Å². The van der Waals surface area contributed by atoms with Gasteiger partial charge in [0, 0.05) is 19.3 Å². The summed E-state index contributed by atoms with van der Waals surface area (Å²) in [5, 5.41) is 11.6. The Kier molecular flexibility index (Phi) is 7.72. The highest BCUT2D eigenvalue weighted by molar-refractivity contribution is 4.59. The van der Waals surface area contributed by atoms with Crippen molar-refractivity contribution in [1.29, 1.82) is 0 Å². The van der Waals surface area contributed by atoms with Crippen LogP contribution in [0.3, 0.4) is 0 Å². The molecule has 0 saturated heterocycles. The third-order valence-corrected chi connectivity index (χ3v) is 1.79. The maximum absolute atomic E-state index is 11.6. The van der Waals surface area contributed by atoms with Crippen LogP contribution in [0.2, 0.25) is 0 Å². The smallest absolute Gasteiger partial charge is 0.396 e. The molecular formula is C9H18F3NO2. The minimum absolute atomic E-state index is 0.0956. The molecule has 0 radical (unpaired) electrons. The van der Waals surface area contributed by atoms with Gasteiger partial charge in [-0.15, -0.1) is 0 Å². The fraction of sp³-hybridized carbons (Fsp3) is 1.00. The maximum atomic E-state index is 11.6. The molecule has 0 fully saturated rings. The summed E-state index contributed by atoms with van der Waals surface area (Å²) in [7, 11) is 0. The van der Waals surface area contributed by atoms with E-state index in [0.29, 0.717) is 19.4 Å². The predicted molar refractivity (Wildman–Crippen MR) is 50.7 cm³/mol. The molecule has 0 aliphatic heterocycles. The van der Waals surface area contributed by atoms with Crippen LogP contribution < -0.4 is 5.32 Å². The second-order valence-electron chi connectivity index (χ2n) is 3.39. The number of alkyl halides is 3. The first-order valence-electron chi connectivity index (χ1n) is 4.94. The number of aliphatic hydroxyl groups is 1. The van der Waals surface area contributed by atoms with Crippen LogP contribution in [-0.4, -0.2) is 43.7 Å². The maximum Gasteiger partial charge on any atom is 0.411 e. The number of rotatable bonds is 8. The van der Waals surface area contributed by atoms with Crippen molar-refractivity contribution in [3.8, 4) is 0 Å². The molecule has 0 amide bonds. The first-order valence-corrected chi connectivity index (χ1v) is 4.94.